The Hall–Kier alpha value is 15.5. The molecule has 0 aliphatic carbocycles. The molecule has 0 aliphatic heterocycles. The minimum absolute atomic E-state index is 0. The van der Waals surface area contributed by atoms with Gasteiger partial charge in [-0.05, 0) is 0 Å². The summed E-state index contributed by atoms with van der Waals surface area (Å²) in [5, 5.41) is 0. The number of hydrogen-bond donors (Lipinski definition) is 0. The molecule has 0 saturated carbocycles. The molecule has 0 aromatic rings. The fraction of sp³-hybridized carbons (Fsp3) is 0. The zero-order valence-electron chi connectivity index (χ0n) is 30.1. The van der Waals surface area contributed by atoms with E-state index in [9.17, 15) is 0 Å². The first-order chi connectivity index (χ1) is 20.0. The van der Waals surface area contributed by atoms with Crippen molar-refractivity contribution in [2.75, 3.05) is 0 Å². The van der Waals surface area contributed by atoms with E-state index < -0.39 is 136 Å². The molecule has 0 radical (unpaired) electrons. The monoisotopic (exact) mass is 1920 g/mol. The van der Waals surface area contributed by atoms with Gasteiger partial charge in [-0.25, -0.2) is 0 Å². The Morgan fingerprint density at radius 2 is 0.145 bits per heavy atom. The fourth-order valence-electron chi connectivity index (χ4n) is 0. The summed E-state index contributed by atoms with van der Waals surface area (Å²) >= 11 is -57.5. The van der Waals surface area contributed by atoms with Gasteiger partial charge in [0.25, 0.3) is 0 Å². The molecule has 320 valence electrons. The summed E-state index contributed by atoms with van der Waals surface area (Å²) in [6, 6.07) is 0. The van der Waals surface area contributed by atoms with Crippen molar-refractivity contribution in [1.82, 2.24) is 0 Å². The second-order valence-corrected chi connectivity index (χ2v) is 16.8. The van der Waals surface area contributed by atoms with Crippen LogP contribution in [0, 0.1) is 0 Å². The summed E-state index contributed by atoms with van der Waals surface area (Å²) in [7, 11) is 0. The van der Waals surface area contributed by atoms with E-state index in [-0.39, 0.29) is 465 Å². The summed E-state index contributed by atoms with van der Waals surface area (Å²) in [5.41, 5.74) is 0. The molecule has 0 amide bonds. The van der Waals surface area contributed by atoms with Crippen molar-refractivity contribution in [2.24, 2.45) is 0 Å². The normalized spacial score (nSPS) is 9.35. The maximum absolute atomic E-state index is 8.59. The average Bonchev–Trinajstić information content (AvgIpc) is 2.34. The van der Waals surface area contributed by atoms with Crippen LogP contribution in [0.3, 0.4) is 0 Å². The first-order valence-electron chi connectivity index (χ1n) is 6.67. The van der Waals surface area contributed by atoms with Gasteiger partial charge in [0, 0.05) is 0 Å². The van der Waals surface area contributed by atoms with Gasteiger partial charge in [-0.3, -0.25) is 0 Å². The fourth-order valence-corrected chi connectivity index (χ4v) is 0. The van der Waals surface area contributed by atoms with Crippen molar-refractivity contribution in [1.29, 1.82) is 0 Å². The van der Waals surface area contributed by atoms with Crippen LogP contribution in [0.4, 0.5) is 0 Å². The van der Waals surface area contributed by atoms with Gasteiger partial charge >= 0.3 is 761 Å². The van der Waals surface area contributed by atoms with Gasteiger partial charge in [0.15, 0.2) is 0 Å². The van der Waals surface area contributed by atoms with Gasteiger partial charge in [0.2, 0.25) is 0 Å². The molecule has 0 heterocycles. The average molecular weight is 1930 g/mol. The predicted molar refractivity (Wildman–Crippen MR) is 36.7 cm³/mol. The summed E-state index contributed by atoms with van der Waals surface area (Å²) < 4.78 is 344. The van der Waals surface area contributed by atoms with E-state index in [1.54, 1.807) is 0 Å². The molecule has 0 fully saturated rings. The van der Waals surface area contributed by atoms with Crippen LogP contribution in [0.25, 0.3) is 0 Å². The van der Waals surface area contributed by atoms with Crippen LogP contribution in [-0.2, 0) is 290 Å². The van der Waals surface area contributed by atoms with Crippen molar-refractivity contribution in [3.05, 3.63) is 0 Å². The smallest absolute Gasteiger partial charge is 2.00 e. The summed E-state index contributed by atoms with van der Waals surface area (Å²) in [6.45, 7) is 0. The molecule has 0 aromatic carbocycles. The summed E-state index contributed by atoms with van der Waals surface area (Å²) in [4.78, 5) is 0. The van der Waals surface area contributed by atoms with E-state index in [0.29, 0.717) is 0 Å². The number of hydrogen-bond acceptors (Lipinski definition) is 40. The predicted octanol–water partition coefficient (Wildman–Crippen LogP) is -39.7. The molecule has 0 rings (SSSR count). The maximum Gasteiger partial charge on any atom is 2.00 e. The van der Waals surface area contributed by atoms with Crippen molar-refractivity contribution in [3.8, 4) is 0 Å². The molecule has 62 heavy (non-hydrogen) atoms. The van der Waals surface area contributed by atoms with Crippen LogP contribution >= 0.6 is 0 Å². The molecule has 0 spiro atoms. The standard InChI is InChI=1S/10Cr.4K.40O.4Sr.4Zn/q;;;;;;;;;;4*+1;;;;;;;;;;;;;;;;;;;;;20*-1;8*+2. The second-order valence-electron chi connectivity index (χ2n) is 4.08. The Labute approximate surface area is 737 Å². The molecular formula is Cr10K4O40Sr4Zn4. The van der Waals surface area contributed by atoms with Crippen molar-refractivity contribution in [3.63, 3.8) is 0 Å². The minimum atomic E-state index is -5.75. The third-order valence-electron chi connectivity index (χ3n) is 0. The summed E-state index contributed by atoms with van der Waals surface area (Å²) in [5.74, 6) is 0. The molecule has 0 aliphatic rings. The molecule has 0 unspecified atom stereocenters. The quantitative estimate of drug-likeness (QED) is 0.203. The molecule has 40 nitrogen and oxygen atoms in total. The topological polar surface area (TPSA) is 803 Å². The Morgan fingerprint density at radius 1 is 0.145 bits per heavy atom. The van der Waals surface area contributed by atoms with E-state index in [2.05, 4.69) is 0 Å². The van der Waals surface area contributed by atoms with Crippen LogP contribution < -0.4 is 289 Å². The van der Waals surface area contributed by atoms with Crippen molar-refractivity contribution in [2.45, 2.75) is 0 Å². The molecule has 0 N–H and O–H groups in total. The van der Waals surface area contributed by atoms with E-state index in [1.807, 2.05) is 0 Å². The van der Waals surface area contributed by atoms with Crippen LogP contribution in [0.1, 0.15) is 0 Å². The van der Waals surface area contributed by atoms with Crippen LogP contribution in [0.15, 0.2) is 0 Å². The van der Waals surface area contributed by atoms with Gasteiger partial charge in [0.1, 0.15) is 0 Å². The largest absolute Gasteiger partial charge is 2.00 e. The van der Waals surface area contributed by atoms with Gasteiger partial charge in [-0.2, -0.15) is 0 Å². The van der Waals surface area contributed by atoms with Crippen molar-refractivity contribution >= 4 is 182 Å². The van der Waals surface area contributed by atoms with Crippen LogP contribution in [0.2, 0.25) is 0 Å². The Balaban J connectivity index is -0.0000000140. The van der Waals surface area contributed by atoms with Gasteiger partial charge in [-0.15, -0.1) is 0 Å². The van der Waals surface area contributed by atoms with E-state index in [1.165, 1.54) is 0 Å². The van der Waals surface area contributed by atoms with Gasteiger partial charge in [0.05, 0.1) is 0 Å². The Morgan fingerprint density at radius 3 is 0.145 bits per heavy atom. The molecule has 62 heteroatoms. The second kappa shape index (κ2) is 76.5. The minimum Gasteiger partial charge on any atom is 2.00 e. The Bertz CT molecular complexity index is 1430. The van der Waals surface area contributed by atoms with Gasteiger partial charge < -0.3 is 0 Å². The zero-order chi connectivity index (χ0) is 45.0. The SMILES string of the molecule is [K+].[K+].[K+].[K+].[O]=[Cr](=[O])([O-])[O-].[O]=[Cr](=[O])([O-])[O-].[O]=[Cr](=[O])([O-])[O-].[O]=[Cr](=[O])([O-])[O-].[O]=[Cr](=[O])([O-])[O-].[O]=[Cr](=[O])([O-])[O-].[O]=[Cr](=[O])([O-])[O-].[O]=[Cr](=[O])([O-])[O-].[O]=[Cr](=[O])([O-])[O-].[O]=[Cr](=[O])([O-])[O-].[Sr+2].[Sr+2].[Sr+2].[Sr+2].[Zn+2].[Zn+2].[Zn+2].[Zn+2]. The maximum atomic E-state index is 8.59. The van der Waals surface area contributed by atoms with Crippen LogP contribution in [-0.4, -0.2) is 182 Å². The molecule has 0 saturated heterocycles. The first kappa shape index (κ1) is 147. The van der Waals surface area contributed by atoms with Crippen LogP contribution in [0.5, 0.6) is 0 Å². The third kappa shape index (κ3) is 1750. The van der Waals surface area contributed by atoms with Crippen molar-refractivity contribution < 1.29 is 579 Å². The summed E-state index contributed by atoms with van der Waals surface area (Å²) in [6.07, 6.45) is 0. The van der Waals surface area contributed by atoms with Gasteiger partial charge in [-0.1, -0.05) is 0 Å². The first-order valence-corrected chi connectivity index (χ1v) is 27.5. The Kier molecular flexibility index (Phi) is 182. The third-order valence-corrected chi connectivity index (χ3v) is 0. The van der Waals surface area contributed by atoms with E-state index >= 15 is 0 Å². The molecule has 0 bridgehead atoms. The molecule has 0 atom stereocenters. The van der Waals surface area contributed by atoms with E-state index in [0.717, 1.165) is 0 Å². The molecule has 0 aromatic heterocycles. The van der Waals surface area contributed by atoms with E-state index in [4.69, 9.17) is 159 Å². The number of rotatable bonds is 0. The molecular weight excluding hydrogens is 1930 g/mol. The zero-order valence-corrected chi connectivity index (χ0v) is 81.1.